The van der Waals surface area contributed by atoms with Crippen LogP contribution in [-0.2, 0) is 11.2 Å². The van der Waals surface area contributed by atoms with Crippen molar-refractivity contribution in [3.8, 4) is 11.3 Å². The van der Waals surface area contributed by atoms with Gasteiger partial charge >= 0.3 is 0 Å². The van der Waals surface area contributed by atoms with E-state index < -0.39 is 0 Å². The highest BCUT2D eigenvalue weighted by molar-refractivity contribution is 6.13. The molecule has 5 rings (SSSR count). The second-order valence-corrected chi connectivity index (χ2v) is 7.73. The van der Waals surface area contributed by atoms with Crippen LogP contribution in [0.4, 0.5) is 15.8 Å². The van der Waals surface area contributed by atoms with Gasteiger partial charge in [-0.25, -0.2) is 9.37 Å². The third-order valence-corrected chi connectivity index (χ3v) is 5.61. The molecule has 32 heavy (non-hydrogen) atoms. The Hall–Kier alpha value is -4.07. The van der Waals surface area contributed by atoms with Gasteiger partial charge < -0.3 is 14.7 Å². The minimum Gasteiger partial charge on any atom is -0.335 e. The average Bonchev–Trinajstić information content (AvgIpc) is 3.37. The van der Waals surface area contributed by atoms with Crippen molar-refractivity contribution >= 4 is 34.3 Å². The second kappa shape index (κ2) is 7.56. The van der Waals surface area contributed by atoms with Crippen LogP contribution >= 0.6 is 0 Å². The summed E-state index contributed by atoms with van der Waals surface area (Å²) in [5.41, 5.74) is 4.78. The smallest absolute Gasteiger partial charge is 0.259 e. The van der Waals surface area contributed by atoms with Crippen molar-refractivity contribution in [2.24, 2.45) is 0 Å². The largest absolute Gasteiger partial charge is 0.335 e. The fraction of sp³-hybridized carbons (Fsp3) is 0.167. The van der Waals surface area contributed by atoms with E-state index in [1.807, 2.05) is 12.1 Å². The third-order valence-electron chi connectivity index (χ3n) is 5.61. The molecule has 3 heterocycles. The molecular formula is C24H19FN4O3. The minimum atomic E-state index is -0.358. The van der Waals surface area contributed by atoms with E-state index in [1.165, 1.54) is 12.1 Å². The van der Waals surface area contributed by atoms with Crippen LogP contribution in [0.25, 0.3) is 22.4 Å². The number of anilines is 2. The lowest BCUT2D eigenvalue weighted by Gasteiger charge is -2.15. The molecule has 0 saturated heterocycles. The topological polar surface area (TPSA) is 88.3 Å². The van der Waals surface area contributed by atoms with Crippen molar-refractivity contribution in [3.63, 3.8) is 0 Å². The number of benzene rings is 2. The van der Waals surface area contributed by atoms with Crippen LogP contribution in [0, 0.1) is 12.7 Å². The van der Waals surface area contributed by atoms with Gasteiger partial charge in [-0.05, 0) is 67.4 Å². The number of hydrogen-bond acceptors (Lipinski definition) is 5. The Morgan fingerprint density at radius 2 is 1.91 bits per heavy atom. The number of carbonyl (C=O) groups excluding carboxylic acids is 2. The molecule has 2 aromatic carbocycles. The Kier molecular flexibility index (Phi) is 4.70. The number of hydrogen-bond donors (Lipinski definition) is 1. The predicted octanol–water partition coefficient (Wildman–Crippen LogP) is 4.50. The zero-order valence-corrected chi connectivity index (χ0v) is 17.5. The molecule has 0 atom stereocenters. The van der Waals surface area contributed by atoms with E-state index in [-0.39, 0.29) is 23.3 Å². The number of nitrogens with one attached hydrogen (secondary N) is 1. The van der Waals surface area contributed by atoms with E-state index in [1.54, 1.807) is 43.0 Å². The quantitative estimate of drug-likeness (QED) is 0.517. The summed E-state index contributed by atoms with van der Waals surface area (Å²) in [4.78, 5) is 31.2. The molecule has 0 saturated carbocycles. The van der Waals surface area contributed by atoms with Gasteiger partial charge in [0.1, 0.15) is 5.82 Å². The lowest BCUT2D eigenvalue weighted by molar-refractivity contribution is -0.116. The van der Waals surface area contributed by atoms with Crippen LogP contribution in [0.3, 0.4) is 0 Å². The highest BCUT2D eigenvalue weighted by atomic mass is 19.1. The van der Waals surface area contributed by atoms with Crippen LogP contribution in [0.5, 0.6) is 0 Å². The van der Waals surface area contributed by atoms with Crippen molar-refractivity contribution < 1.29 is 18.5 Å². The first kappa shape index (κ1) is 19.9. The van der Waals surface area contributed by atoms with Gasteiger partial charge in [0.05, 0.1) is 22.3 Å². The summed E-state index contributed by atoms with van der Waals surface area (Å²) >= 11 is 0. The van der Waals surface area contributed by atoms with Gasteiger partial charge in [-0.15, -0.1) is 0 Å². The number of aromatic nitrogens is 2. The molecule has 7 nitrogen and oxygen atoms in total. The summed E-state index contributed by atoms with van der Waals surface area (Å²) in [5, 5.41) is 7.41. The predicted molar refractivity (Wildman–Crippen MR) is 118 cm³/mol. The summed E-state index contributed by atoms with van der Waals surface area (Å²) in [6, 6.07) is 13.0. The van der Waals surface area contributed by atoms with E-state index in [4.69, 9.17) is 4.52 Å². The zero-order valence-electron chi connectivity index (χ0n) is 17.5. The van der Waals surface area contributed by atoms with Crippen molar-refractivity contribution in [1.29, 1.82) is 0 Å². The first-order valence-electron chi connectivity index (χ1n) is 10.2. The number of pyridine rings is 1. The number of amides is 2. The summed E-state index contributed by atoms with van der Waals surface area (Å²) in [7, 11) is 0. The summed E-state index contributed by atoms with van der Waals surface area (Å²) in [6.45, 7) is 3.92. The number of aryl methyl sites for hydroxylation is 1. The van der Waals surface area contributed by atoms with E-state index in [2.05, 4.69) is 15.5 Å². The van der Waals surface area contributed by atoms with Crippen LogP contribution < -0.4 is 10.2 Å². The van der Waals surface area contributed by atoms with Gasteiger partial charge in [-0.2, -0.15) is 0 Å². The molecule has 1 N–H and O–H groups in total. The van der Waals surface area contributed by atoms with Crippen LogP contribution in [0.15, 0.2) is 53.1 Å². The molecule has 0 fully saturated rings. The second-order valence-electron chi connectivity index (χ2n) is 7.73. The fourth-order valence-electron chi connectivity index (χ4n) is 4.05. The molecule has 4 aromatic rings. The number of fused-ring (bicyclic) bond motifs is 2. The molecule has 0 bridgehead atoms. The molecule has 1 aliphatic rings. The van der Waals surface area contributed by atoms with Crippen molar-refractivity contribution in [1.82, 2.24) is 10.1 Å². The van der Waals surface area contributed by atoms with E-state index in [9.17, 15) is 14.0 Å². The van der Waals surface area contributed by atoms with Crippen LogP contribution in [-0.4, -0.2) is 28.5 Å². The van der Waals surface area contributed by atoms with Gasteiger partial charge in [0.25, 0.3) is 11.6 Å². The van der Waals surface area contributed by atoms with Gasteiger partial charge in [-0.1, -0.05) is 5.16 Å². The van der Waals surface area contributed by atoms with E-state index in [0.717, 1.165) is 17.7 Å². The van der Waals surface area contributed by atoms with Crippen molar-refractivity contribution in [2.45, 2.75) is 20.3 Å². The monoisotopic (exact) mass is 430 g/mol. The van der Waals surface area contributed by atoms with Gasteiger partial charge in [0, 0.05) is 30.4 Å². The lowest BCUT2D eigenvalue weighted by Crippen LogP contribution is -2.25. The Morgan fingerprint density at radius 3 is 2.66 bits per heavy atom. The Bertz CT molecular complexity index is 1380. The highest BCUT2D eigenvalue weighted by Gasteiger charge is 2.23. The number of halogens is 1. The van der Waals surface area contributed by atoms with Gasteiger partial charge in [0.2, 0.25) is 5.91 Å². The molecule has 0 aliphatic carbocycles. The molecule has 0 radical (unpaired) electrons. The Labute approximate surface area is 182 Å². The molecule has 0 spiro atoms. The summed E-state index contributed by atoms with van der Waals surface area (Å²) in [6.07, 6.45) is 0.734. The molecule has 2 aromatic heterocycles. The average molecular weight is 430 g/mol. The Balaban J connectivity index is 1.51. The van der Waals surface area contributed by atoms with E-state index >= 15 is 0 Å². The number of nitrogens with zero attached hydrogens (tertiary/aromatic N) is 3. The maximum atomic E-state index is 13.3. The molecule has 1 aliphatic heterocycles. The summed E-state index contributed by atoms with van der Waals surface area (Å²) in [5.74, 6) is -0.701. The Morgan fingerprint density at radius 1 is 1.12 bits per heavy atom. The lowest BCUT2D eigenvalue weighted by atomic mass is 10.0. The van der Waals surface area contributed by atoms with Crippen LogP contribution in [0.2, 0.25) is 0 Å². The SMILES string of the molecule is CC(=O)N1CCc2cc(NC(=O)c3cc(-c4ccc(F)cc4)nc4onc(C)c34)ccc21. The fourth-order valence-corrected chi connectivity index (χ4v) is 4.05. The number of carbonyl (C=O) groups is 2. The minimum absolute atomic E-state index is 0.00373. The molecule has 2 amide bonds. The van der Waals surface area contributed by atoms with Crippen molar-refractivity contribution in [2.75, 3.05) is 16.8 Å². The third kappa shape index (κ3) is 3.39. The van der Waals surface area contributed by atoms with Crippen LogP contribution in [0.1, 0.15) is 28.5 Å². The standard InChI is InChI=1S/C24H19FN4O3/c1-13-22-19(12-20(27-24(22)32-28-13)15-3-5-17(25)6-4-15)23(31)26-18-7-8-21-16(11-18)9-10-29(21)14(2)30/h3-8,11-12H,9-10H2,1-2H3,(H,26,31). The van der Waals surface area contributed by atoms with E-state index in [0.29, 0.717) is 40.1 Å². The zero-order chi connectivity index (χ0) is 22.4. The number of rotatable bonds is 3. The van der Waals surface area contributed by atoms with Crippen molar-refractivity contribution in [3.05, 3.63) is 71.2 Å². The summed E-state index contributed by atoms with van der Waals surface area (Å²) < 4.78 is 18.7. The molecule has 160 valence electrons. The molecular weight excluding hydrogens is 411 g/mol. The highest BCUT2D eigenvalue weighted by Crippen LogP contribution is 2.32. The first-order chi connectivity index (χ1) is 15.4. The molecule has 0 unspecified atom stereocenters. The maximum absolute atomic E-state index is 13.3. The normalized spacial score (nSPS) is 12.8. The first-order valence-corrected chi connectivity index (χ1v) is 10.2. The van der Waals surface area contributed by atoms with Gasteiger partial charge in [-0.3, -0.25) is 9.59 Å². The molecule has 8 heteroatoms. The van der Waals surface area contributed by atoms with Gasteiger partial charge in [0.15, 0.2) is 0 Å². The maximum Gasteiger partial charge on any atom is 0.259 e.